The number of β-amino-alcohol motifs (C(OH)–C–C–N with tert-alkyl or cyclic N) is 1. The maximum absolute atomic E-state index is 12.2. The van der Waals surface area contributed by atoms with E-state index in [1.165, 1.54) is 4.90 Å². The Morgan fingerprint density at radius 2 is 2.35 bits per heavy atom. The molecule has 0 spiro atoms. The molecule has 2 heterocycles. The van der Waals surface area contributed by atoms with Gasteiger partial charge in [-0.15, -0.1) is 11.8 Å². The summed E-state index contributed by atoms with van der Waals surface area (Å²) in [6, 6.07) is 5.55. The van der Waals surface area contributed by atoms with E-state index in [4.69, 9.17) is 11.6 Å². The largest absolute Gasteiger partial charge is 0.392 e. The van der Waals surface area contributed by atoms with Crippen molar-refractivity contribution in [2.24, 2.45) is 0 Å². The molecule has 2 aliphatic rings. The molecule has 6 heteroatoms. The number of carbonyl (C=O) groups is 1. The van der Waals surface area contributed by atoms with E-state index in [0.29, 0.717) is 18.0 Å². The number of nitrogens with one attached hydrogen (secondary N) is 2. The van der Waals surface area contributed by atoms with E-state index in [2.05, 4.69) is 10.6 Å². The Balaban J connectivity index is 1.73. The van der Waals surface area contributed by atoms with Gasteiger partial charge in [-0.05, 0) is 36.6 Å². The molecule has 3 N–H and O–H groups in total. The number of halogens is 1. The lowest BCUT2D eigenvalue weighted by Gasteiger charge is -2.27. The van der Waals surface area contributed by atoms with Crippen LogP contribution < -0.4 is 10.6 Å². The molecule has 0 aromatic heterocycles. The fourth-order valence-corrected chi connectivity index (χ4v) is 3.99. The first kappa shape index (κ1) is 14.2. The van der Waals surface area contributed by atoms with Gasteiger partial charge in [0.2, 0.25) is 5.91 Å². The topological polar surface area (TPSA) is 61.4 Å². The Morgan fingerprint density at radius 1 is 1.50 bits per heavy atom. The van der Waals surface area contributed by atoms with E-state index < -0.39 is 6.10 Å². The van der Waals surface area contributed by atoms with Gasteiger partial charge in [-0.25, -0.2) is 0 Å². The molecule has 20 heavy (non-hydrogen) atoms. The fraction of sp³-hybridized carbons (Fsp3) is 0.500. The minimum Gasteiger partial charge on any atom is -0.392 e. The SMILES string of the molecule is O=C(NC1CCSc2ccc(Cl)cc21)C1CC(O)CN1. The first-order valence-corrected chi connectivity index (χ1v) is 8.14. The number of aliphatic hydroxyl groups is 1. The first-order chi connectivity index (χ1) is 9.63. The highest BCUT2D eigenvalue weighted by Gasteiger charge is 2.30. The second-order valence-electron chi connectivity index (χ2n) is 5.23. The number of thioether (sulfide) groups is 1. The number of aliphatic hydroxyl groups excluding tert-OH is 1. The zero-order chi connectivity index (χ0) is 14.1. The smallest absolute Gasteiger partial charge is 0.237 e. The Morgan fingerprint density at radius 3 is 3.10 bits per heavy atom. The van der Waals surface area contributed by atoms with Crippen molar-refractivity contribution < 1.29 is 9.90 Å². The number of hydrogen-bond donors (Lipinski definition) is 3. The van der Waals surface area contributed by atoms with E-state index >= 15 is 0 Å². The maximum atomic E-state index is 12.2. The summed E-state index contributed by atoms with van der Waals surface area (Å²) < 4.78 is 0. The average Bonchev–Trinajstić information content (AvgIpc) is 2.86. The predicted molar refractivity (Wildman–Crippen MR) is 80.1 cm³/mol. The molecule has 4 nitrogen and oxygen atoms in total. The van der Waals surface area contributed by atoms with Crippen LogP contribution >= 0.6 is 23.4 Å². The molecule has 0 radical (unpaired) electrons. The quantitative estimate of drug-likeness (QED) is 0.778. The molecular formula is C14H17ClN2O2S. The molecule has 1 saturated heterocycles. The molecule has 3 atom stereocenters. The van der Waals surface area contributed by atoms with Crippen molar-refractivity contribution in [2.75, 3.05) is 12.3 Å². The van der Waals surface area contributed by atoms with Crippen LogP contribution in [0.2, 0.25) is 5.02 Å². The van der Waals surface area contributed by atoms with Gasteiger partial charge in [0.05, 0.1) is 18.2 Å². The van der Waals surface area contributed by atoms with Crippen LogP contribution in [-0.2, 0) is 4.79 Å². The van der Waals surface area contributed by atoms with E-state index in [0.717, 1.165) is 17.7 Å². The fourth-order valence-electron chi connectivity index (χ4n) is 2.70. The van der Waals surface area contributed by atoms with E-state index in [9.17, 15) is 9.90 Å². The number of rotatable bonds is 2. The lowest BCUT2D eigenvalue weighted by Crippen LogP contribution is -2.42. The van der Waals surface area contributed by atoms with Crippen LogP contribution in [0.15, 0.2) is 23.1 Å². The van der Waals surface area contributed by atoms with Crippen molar-refractivity contribution in [1.82, 2.24) is 10.6 Å². The molecule has 0 saturated carbocycles. The molecule has 108 valence electrons. The van der Waals surface area contributed by atoms with Gasteiger partial charge in [-0.3, -0.25) is 4.79 Å². The number of hydrogen-bond acceptors (Lipinski definition) is 4. The monoisotopic (exact) mass is 312 g/mol. The van der Waals surface area contributed by atoms with E-state index in [-0.39, 0.29) is 18.0 Å². The van der Waals surface area contributed by atoms with Crippen LogP contribution in [0.1, 0.15) is 24.4 Å². The molecule has 2 aliphatic heterocycles. The predicted octanol–water partition coefficient (Wildman–Crippen LogP) is 1.72. The summed E-state index contributed by atoms with van der Waals surface area (Å²) in [6.07, 6.45) is 0.962. The minimum absolute atomic E-state index is 0.0111. The van der Waals surface area contributed by atoms with Gasteiger partial charge in [0.15, 0.2) is 0 Å². The minimum atomic E-state index is -0.422. The summed E-state index contributed by atoms with van der Waals surface area (Å²) in [5, 5.41) is 16.3. The lowest BCUT2D eigenvalue weighted by molar-refractivity contribution is -0.123. The maximum Gasteiger partial charge on any atom is 0.237 e. The highest BCUT2D eigenvalue weighted by molar-refractivity contribution is 7.99. The molecular weight excluding hydrogens is 296 g/mol. The summed E-state index contributed by atoms with van der Waals surface area (Å²) in [7, 11) is 0. The third-order valence-corrected chi connectivity index (χ3v) is 5.11. The van der Waals surface area contributed by atoms with Crippen LogP contribution in [0.3, 0.4) is 0 Å². The number of benzene rings is 1. The molecule has 1 aromatic carbocycles. The van der Waals surface area contributed by atoms with Crippen LogP contribution in [0, 0.1) is 0 Å². The van der Waals surface area contributed by atoms with Gasteiger partial charge in [0.25, 0.3) is 0 Å². The average molecular weight is 313 g/mol. The highest BCUT2D eigenvalue weighted by atomic mass is 35.5. The van der Waals surface area contributed by atoms with Gasteiger partial charge in [0.1, 0.15) is 0 Å². The van der Waals surface area contributed by atoms with Crippen LogP contribution in [0.4, 0.5) is 0 Å². The van der Waals surface area contributed by atoms with Gasteiger partial charge in [0, 0.05) is 22.2 Å². The van der Waals surface area contributed by atoms with Crippen LogP contribution in [-0.4, -0.2) is 35.5 Å². The number of amides is 1. The Kier molecular flexibility index (Phi) is 4.21. The molecule has 3 unspecified atom stereocenters. The van der Waals surface area contributed by atoms with E-state index in [1.807, 2.05) is 18.2 Å². The van der Waals surface area contributed by atoms with Gasteiger partial charge < -0.3 is 15.7 Å². The molecule has 1 fully saturated rings. The Bertz CT molecular complexity index is 526. The number of fused-ring (bicyclic) bond motifs is 1. The lowest BCUT2D eigenvalue weighted by atomic mass is 10.0. The van der Waals surface area contributed by atoms with Gasteiger partial charge in [-0.1, -0.05) is 11.6 Å². The van der Waals surface area contributed by atoms with Gasteiger partial charge >= 0.3 is 0 Å². The second kappa shape index (κ2) is 5.93. The number of carbonyl (C=O) groups excluding carboxylic acids is 1. The van der Waals surface area contributed by atoms with Crippen molar-refractivity contribution in [3.63, 3.8) is 0 Å². The van der Waals surface area contributed by atoms with Gasteiger partial charge in [-0.2, -0.15) is 0 Å². The zero-order valence-electron chi connectivity index (χ0n) is 10.9. The third kappa shape index (κ3) is 2.96. The molecule has 1 aromatic rings. The first-order valence-electron chi connectivity index (χ1n) is 6.77. The van der Waals surface area contributed by atoms with Crippen molar-refractivity contribution in [2.45, 2.75) is 35.9 Å². The standard InChI is InChI=1S/C14H17ClN2O2S/c15-8-1-2-13-10(5-8)11(3-4-20-13)17-14(19)12-6-9(18)7-16-12/h1-2,5,9,11-12,16,18H,3-4,6-7H2,(H,17,19). The summed E-state index contributed by atoms with van der Waals surface area (Å²) in [6.45, 7) is 0.487. The summed E-state index contributed by atoms with van der Waals surface area (Å²) in [4.78, 5) is 13.4. The zero-order valence-corrected chi connectivity index (χ0v) is 12.5. The Hall–Kier alpha value is -0.750. The third-order valence-electron chi connectivity index (χ3n) is 3.75. The van der Waals surface area contributed by atoms with Crippen molar-refractivity contribution in [3.05, 3.63) is 28.8 Å². The summed E-state index contributed by atoms with van der Waals surface area (Å²) in [5.41, 5.74) is 1.10. The highest BCUT2D eigenvalue weighted by Crippen LogP contribution is 2.37. The van der Waals surface area contributed by atoms with Crippen molar-refractivity contribution in [1.29, 1.82) is 0 Å². The van der Waals surface area contributed by atoms with Crippen molar-refractivity contribution >= 4 is 29.3 Å². The van der Waals surface area contributed by atoms with E-state index in [1.54, 1.807) is 11.8 Å². The van der Waals surface area contributed by atoms with Crippen molar-refractivity contribution in [3.8, 4) is 0 Å². The summed E-state index contributed by atoms with van der Waals surface area (Å²) in [5.74, 6) is 0.949. The normalized spacial score (nSPS) is 29.0. The summed E-state index contributed by atoms with van der Waals surface area (Å²) >= 11 is 7.85. The second-order valence-corrected chi connectivity index (χ2v) is 6.80. The van der Waals surface area contributed by atoms with Crippen LogP contribution in [0.25, 0.3) is 0 Å². The molecule has 0 aliphatic carbocycles. The van der Waals surface area contributed by atoms with Crippen LogP contribution in [0.5, 0.6) is 0 Å². The molecule has 0 bridgehead atoms. The Labute approximate surface area is 127 Å². The molecule has 3 rings (SSSR count). The molecule has 1 amide bonds.